The third-order valence-electron chi connectivity index (χ3n) is 3.10. The van der Waals surface area contributed by atoms with Crippen molar-refractivity contribution in [1.29, 1.82) is 0 Å². The van der Waals surface area contributed by atoms with Crippen LogP contribution < -0.4 is 10.1 Å². The van der Waals surface area contributed by atoms with E-state index >= 15 is 0 Å². The van der Waals surface area contributed by atoms with Gasteiger partial charge >= 0.3 is 0 Å². The van der Waals surface area contributed by atoms with Gasteiger partial charge in [-0.2, -0.15) is 0 Å². The highest BCUT2D eigenvalue weighted by atomic mass is 16.5. The van der Waals surface area contributed by atoms with Crippen molar-refractivity contribution >= 4 is 11.8 Å². The van der Waals surface area contributed by atoms with E-state index in [9.17, 15) is 9.59 Å². The number of rotatable bonds is 8. The van der Waals surface area contributed by atoms with E-state index < -0.39 is 0 Å². The van der Waals surface area contributed by atoms with Gasteiger partial charge < -0.3 is 15.0 Å². The summed E-state index contributed by atoms with van der Waals surface area (Å²) in [4.78, 5) is 25.0. The summed E-state index contributed by atoms with van der Waals surface area (Å²) in [6.07, 6.45) is 2.00. The van der Waals surface area contributed by atoms with Crippen LogP contribution in [0.2, 0.25) is 0 Å². The molecule has 1 aromatic rings. The fraction of sp³-hybridized carbons (Fsp3) is 0.500. The number of benzene rings is 1. The quantitative estimate of drug-likeness (QED) is 0.794. The first kappa shape index (κ1) is 17.0. The van der Waals surface area contributed by atoms with E-state index in [1.165, 1.54) is 0 Å². The molecule has 0 aliphatic carbocycles. The van der Waals surface area contributed by atoms with Crippen molar-refractivity contribution in [1.82, 2.24) is 10.2 Å². The molecule has 116 valence electrons. The molecule has 0 atom stereocenters. The molecule has 0 unspecified atom stereocenters. The highest BCUT2D eigenvalue weighted by Gasteiger charge is 2.10. The van der Waals surface area contributed by atoms with Gasteiger partial charge in [-0.25, -0.2) is 0 Å². The van der Waals surface area contributed by atoms with Crippen LogP contribution in [-0.2, 0) is 9.59 Å². The number of nitrogens with one attached hydrogen (secondary N) is 1. The number of nitrogens with zero attached hydrogens (tertiary/aromatic N) is 1. The lowest BCUT2D eigenvalue weighted by Crippen LogP contribution is -2.40. The Balaban J connectivity index is 2.24. The number of likely N-dealkylation sites (N-methyl/N-ethyl adjacent to an activating group) is 1. The summed E-state index contributed by atoms with van der Waals surface area (Å²) >= 11 is 0. The largest absolute Gasteiger partial charge is 0.484 e. The Labute approximate surface area is 126 Å². The SMILES string of the molecule is CCCCN(C)C(=O)CNC(=O)COc1ccc(C)cc1. The average Bonchev–Trinajstić information content (AvgIpc) is 2.49. The smallest absolute Gasteiger partial charge is 0.258 e. The Bertz CT molecular complexity index is 457. The van der Waals surface area contributed by atoms with Gasteiger partial charge in [-0.3, -0.25) is 9.59 Å². The maximum absolute atomic E-state index is 11.7. The molecule has 5 nitrogen and oxygen atoms in total. The van der Waals surface area contributed by atoms with Crippen molar-refractivity contribution in [2.24, 2.45) is 0 Å². The molecule has 2 amide bonds. The summed E-state index contributed by atoms with van der Waals surface area (Å²) in [5, 5.41) is 2.57. The van der Waals surface area contributed by atoms with Gasteiger partial charge in [0.25, 0.3) is 5.91 Å². The standard InChI is InChI=1S/C16H24N2O3/c1-4-5-10-18(3)16(20)11-17-15(19)12-21-14-8-6-13(2)7-9-14/h6-9H,4-5,10-12H2,1-3H3,(H,17,19). The van der Waals surface area contributed by atoms with E-state index in [2.05, 4.69) is 12.2 Å². The van der Waals surface area contributed by atoms with Gasteiger partial charge in [-0.05, 0) is 25.5 Å². The van der Waals surface area contributed by atoms with Crippen LogP contribution in [0.15, 0.2) is 24.3 Å². The fourth-order valence-corrected chi connectivity index (χ4v) is 1.66. The van der Waals surface area contributed by atoms with Crippen LogP contribution in [0.25, 0.3) is 0 Å². The molecule has 0 radical (unpaired) electrons. The monoisotopic (exact) mass is 292 g/mol. The molecule has 0 heterocycles. The molecule has 0 fully saturated rings. The second-order valence-corrected chi connectivity index (χ2v) is 5.05. The Kier molecular flexibility index (Phi) is 7.29. The molecule has 1 aromatic carbocycles. The Morgan fingerprint density at radius 3 is 2.52 bits per heavy atom. The second kappa shape index (κ2) is 9.00. The summed E-state index contributed by atoms with van der Waals surface area (Å²) < 4.78 is 5.34. The van der Waals surface area contributed by atoms with Crippen molar-refractivity contribution in [3.63, 3.8) is 0 Å². The summed E-state index contributed by atoms with van der Waals surface area (Å²) in [6.45, 7) is 4.69. The van der Waals surface area contributed by atoms with Crippen LogP contribution in [-0.4, -0.2) is 43.5 Å². The minimum atomic E-state index is -0.298. The van der Waals surface area contributed by atoms with Crippen molar-refractivity contribution in [3.8, 4) is 5.75 Å². The van der Waals surface area contributed by atoms with Crippen LogP contribution >= 0.6 is 0 Å². The summed E-state index contributed by atoms with van der Waals surface area (Å²) in [5.41, 5.74) is 1.13. The van der Waals surface area contributed by atoms with E-state index in [0.29, 0.717) is 12.3 Å². The van der Waals surface area contributed by atoms with Crippen LogP contribution in [0.4, 0.5) is 0 Å². The van der Waals surface area contributed by atoms with Gasteiger partial charge in [0.1, 0.15) is 5.75 Å². The molecule has 21 heavy (non-hydrogen) atoms. The van der Waals surface area contributed by atoms with Crippen molar-refractivity contribution in [2.45, 2.75) is 26.7 Å². The number of hydrogen-bond acceptors (Lipinski definition) is 3. The molecule has 0 aliphatic heterocycles. The van der Waals surface area contributed by atoms with Crippen molar-refractivity contribution in [2.75, 3.05) is 26.7 Å². The van der Waals surface area contributed by atoms with E-state index in [-0.39, 0.29) is 25.0 Å². The molecule has 5 heteroatoms. The zero-order chi connectivity index (χ0) is 15.7. The van der Waals surface area contributed by atoms with Gasteiger partial charge in [0.05, 0.1) is 6.54 Å². The number of aryl methyl sites for hydroxylation is 1. The Morgan fingerprint density at radius 1 is 1.24 bits per heavy atom. The molecular weight excluding hydrogens is 268 g/mol. The Hall–Kier alpha value is -2.04. The molecule has 0 aliphatic rings. The third kappa shape index (κ3) is 6.79. The highest BCUT2D eigenvalue weighted by molar-refractivity contribution is 5.85. The van der Waals surface area contributed by atoms with Crippen LogP contribution in [0, 0.1) is 6.92 Å². The fourth-order valence-electron chi connectivity index (χ4n) is 1.66. The van der Waals surface area contributed by atoms with Crippen molar-refractivity contribution < 1.29 is 14.3 Å². The summed E-state index contributed by atoms with van der Waals surface area (Å²) in [5.74, 6) is 0.252. The maximum atomic E-state index is 11.7. The van der Waals surface area contributed by atoms with Gasteiger partial charge in [-0.1, -0.05) is 31.0 Å². The minimum Gasteiger partial charge on any atom is -0.484 e. The molecule has 1 N–H and O–H groups in total. The third-order valence-corrected chi connectivity index (χ3v) is 3.10. The lowest BCUT2D eigenvalue weighted by molar-refractivity contribution is -0.132. The molecule has 1 rings (SSSR count). The molecule has 0 spiro atoms. The van der Waals surface area contributed by atoms with Crippen LogP contribution in [0.1, 0.15) is 25.3 Å². The summed E-state index contributed by atoms with van der Waals surface area (Å²) in [6, 6.07) is 7.46. The molecular formula is C16H24N2O3. The normalized spacial score (nSPS) is 10.0. The number of carbonyl (C=O) groups is 2. The average molecular weight is 292 g/mol. The summed E-state index contributed by atoms with van der Waals surface area (Å²) in [7, 11) is 1.74. The first-order chi connectivity index (χ1) is 10.0. The highest BCUT2D eigenvalue weighted by Crippen LogP contribution is 2.10. The van der Waals surface area contributed by atoms with E-state index in [1.807, 2.05) is 31.2 Å². The molecule has 0 saturated heterocycles. The van der Waals surface area contributed by atoms with E-state index in [1.54, 1.807) is 11.9 Å². The lowest BCUT2D eigenvalue weighted by atomic mass is 10.2. The zero-order valence-electron chi connectivity index (χ0n) is 13.0. The molecule has 0 bridgehead atoms. The number of ether oxygens (including phenoxy) is 1. The van der Waals surface area contributed by atoms with Crippen molar-refractivity contribution in [3.05, 3.63) is 29.8 Å². The van der Waals surface area contributed by atoms with E-state index in [4.69, 9.17) is 4.74 Å². The van der Waals surface area contributed by atoms with Gasteiger partial charge in [0.15, 0.2) is 6.61 Å². The van der Waals surface area contributed by atoms with Gasteiger partial charge in [-0.15, -0.1) is 0 Å². The van der Waals surface area contributed by atoms with E-state index in [0.717, 1.165) is 18.4 Å². The van der Waals surface area contributed by atoms with Crippen LogP contribution in [0.5, 0.6) is 5.75 Å². The topological polar surface area (TPSA) is 58.6 Å². The number of unbranched alkanes of at least 4 members (excludes halogenated alkanes) is 1. The molecule has 0 aromatic heterocycles. The van der Waals surface area contributed by atoms with Gasteiger partial charge in [0.2, 0.25) is 5.91 Å². The lowest BCUT2D eigenvalue weighted by Gasteiger charge is -2.17. The number of carbonyl (C=O) groups excluding carboxylic acids is 2. The molecule has 0 saturated carbocycles. The Morgan fingerprint density at radius 2 is 1.90 bits per heavy atom. The minimum absolute atomic E-state index is 0.0102. The first-order valence-electron chi connectivity index (χ1n) is 7.23. The number of hydrogen-bond donors (Lipinski definition) is 1. The predicted molar refractivity (Wildman–Crippen MR) is 82.2 cm³/mol. The number of amides is 2. The predicted octanol–water partition coefficient (Wildman–Crippen LogP) is 1.75. The van der Waals surface area contributed by atoms with Crippen LogP contribution in [0.3, 0.4) is 0 Å². The second-order valence-electron chi connectivity index (χ2n) is 5.05. The zero-order valence-corrected chi connectivity index (χ0v) is 13.0. The first-order valence-corrected chi connectivity index (χ1v) is 7.23. The van der Waals surface area contributed by atoms with Gasteiger partial charge in [0, 0.05) is 13.6 Å². The maximum Gasteiger partial charge on any atom is 0.258 e.